The highest BCUT2D eigenvalue weighted by Gasteiger charge is 2.24. The molecule has 1 aromatic heterocycles. The monoisotopic (exact) mass is 392 g/mol. The van der Waals surface area contributed by atoms with Crippen molar-refractivity contribution >= 4 is 16.9 Å². The van der Waals surface area contributed by atoms with Gasteiger partial charge in [0.25, 0.3) is 0 Å². The van der Waals surface area contributed by atoms with Gasteiger partial charge in [0.1, 0.15) is 29.3 Å². The van der Waals surface area contributed by atoms with Crippen LogP contribution in [-0.4, -0.2) is 18.2 Å². The summed E-state index contributed by atoms with van der Waals surface area (Å²) in [6, 6.07) is 18.3. The first kappa shape index (κ1) is 18.6. The lowest BCUT2D eigenvalue weighted by Crippen LogP contribution is -1.99. The number of fused-ring (bicyclic) bond motifs is 1. The summed E-state index contributed by atoms with van der Waals surface area (Å²) in [5, 5.41) is 10.1. The minimum Gasteiger partial charge on any atom is -0.493 e. The number of carboxylic acid groups (broad SMARTS) is 1. The topological polar surface area (TPSA) is 68.9 Å². The number of benzene rings is 3. The van der Waals surface area contributed by atoms with Gasteiger partial charge in [-0.05, 0) is 35.9 Å². The first-order valence-electron chi connectivity index (χ1n) is 8.87. The van der Waals surface area contributed by atoms with Gasteiger partial charge in [-0.3, -0.25) is 0 Å². The number of carboxylic acids is 1. The molecule has 0 atom stereocenters. The summed E-state index contributed by atoms with van der Waals surface area (Å²) in [6.07, 6.45) is 0. The van der Waals surface area contributed by atoms with Crippen LogP contribution >= 0.6 is 0 Å². The average Bonchev–Trinajstić information content (AvgIpc) is 3.11. The molecule has 0 saturated carbocycles. The molecule has 0 radical (unpaired) electrons. The third kappa shape index (κ3) is 3.65. The van der Waals surface area contributed by atoms with E-state index in [1.165, 1.54) is 31.4 Å². The molecule has 5 nitrogen and oxygen atoms in total. The van der Waals surface area contributed by atoms with Crippen LogP contribution in [0.1, 0.15) is 15.9 Å². The van der Waals surface area contributed by atoms with E-state index in [1.54, 1.807) is 12.1 Å². The van der Waals surface area contributed by atoms with Crippen LogP contribution < -0.4 is 9.47 Å². The minimum absolute atomic E-state index is 0.0143. The molecule has 1 heterocycles. The van der Waals surface area contributed by atoms with E-state index in [9.17, 15) is 14.3 Å². The Morgan fingerprint density at radius 1 is 1.03 bits per heavy atom. The molecule has 146 valence electrons. The number of rotatable bonds is 6. The van der Waals surface area contributed by atoms with Crippen LogP contribution in [0.2, 0.25) is 0 Å². The summed E-state index contributed by atoms with van der Waals surface area (Å²) in [5.74, 6) is -0.597. The Balaban J connectivity index is 1.80. The lowest BCUT2D eigenvalue weighted by molar-refractivity contribution is 0.0699. The van der Waals surface area contributed by atoms with Gasteiger partial charge < -0.3 is 19.0 Å². The summed E-state index contributed by atoms with van der Waals surface area (Å²) in [5.41, 5.74) is 1.77. The van der Waals surface area contributed by atoms with Crippen LogP contribution in [-0.2, 0) is 6.61 Å². The fraction of sp³-hybridized carbons (Fsp3) is 0.0870. The highest BCUT2D eigenvalue weighted by molar-refractivity contribution is 6.08. The predicted octanol–water partition coefficient (Wildman–Crippen LogP) is 5.52. The number of ether oxygens (including phenoxy) is 2. The van der Waals surface area contributed by atoms with Crippen LogP contribution in [0.15, 0.2) is 71.1 Å². The number of hydrogen-bond acceptors (Lipinski definition) is 4. The first-order valence-corrected chi connectivity index (χ1v) is 8.87. The highest BCUT2D eigenvalue weighted by atomic mass is 19.1. The van der Waals surface area contributed by atoms with Gasteiger partial charge in [0, 0.05) is 17.0 Å². The maximum absolute atomic E-state index is 13.3. The fourth-order valence-corrected chi connectivity index (χ4v) is 3.13. The van der Waals surface area contributed by atoms with Gasteiger partial charge in [0.2, 0.25) is 0 Å². The van der Waals surface area contributed by atoms with Crippen LogP contribution in [0.5, 0.6) is 11.5 Å². The minimum atomic E-state index is -1.15. The molecule has 0 aliphatic carbocycles. The number of furan rings is 1. The zero-order chi connectivity index (χ0) is 20.4. The number of hydrogen-bond donors (Lipinski definition) is 1. The third-order valence-corrected chi connectivity index (χ3v) is 4.53. The molecule has 0 spiro atoms. The van der Waals surface area contributed by atoms with Crippen LogP contribution in [0, 0.1) is 5.82 Å². The van der Waals surface area contributed by atoms with E-state index in [-0.39, 0.29) is 11.3 Å². The molecule has 0 fully saturated rings. The Morgan fingerprint density at radius 3 is 2.41 bits per heavy atom. The van der Waals surface area contributed by atoms with Crippen molar-refractivity contribution in [1.82, 2.24) is 0 Å². The normalized spacial score (nSPS) is 10.8. The highest BCUT2D eigenvalue weighted by Crippen LogP contribution is 2.40. The molecule has 4 aromatic rings. The second-order valence-electron chi connectivity index (χ2n) is 6.39. The maximum Gasteiger partial charge on any atom is 0.340 e. The Morgan fingerprint density at radius 2 is 1.76 bits per heavy atom. The van der Waals surface area contributed by atoms with Crippen molar-refractivity contribution in [2.75, 3.05) is 7.11 Å². The second-order valence-corrected chi connectivity index (χ2v) is 6.39. The standard InChI is InChI=1S/C23H17FO5/c1-27-19-11-17-18(12-20(19)28-13-14-5-3-2-4-6-14)29-22(21(17)23(25)26)15-7-9-16(24)10-8-15/h2-12H,13H2,1H3,(H,25,26). The summed E-state index contributed by atoms with van der Waals surface area (Å²) in [4.78, 5) is 11.9. The molecule has 29 heavy (non-hydrogen) atoms. The molecule has 3 aromatic carbocycles. The molecule has 0 unspecified atom stereocenters. The molecule has 0 amide bonds. The molecular weight excluding hydrogens is 375 g/mol. The Bertz CT molecular complexity index is 1160. The maximum atomic E-state index is 13.3. The zero-order valence-corrected chi connectivity index (χ0v) is 15.5. The van der Waals surface area contributed by atoms with E-state index >= 15 is 0 Å². The number of aromatic carboxylic acids is 1. The van der Waals surface area contributed by atoms with Gasteiger partial charge in [0.15, 0.2) is 11.5 Å². The smallest absolute Gasteiger partial charge is 0.340 e. The van der Waals surface area contributed by atoms with E-state index in [1.807, 2.05) is 30.3 Å². The van der Waals surface area contributed by atoms with Crippen molar-refractivity contribution in [2.24, 2.45) is 0 Å². The van der Waals surface area contributed by atoms with Gasteiger partial charge in [0.05, 0.1) is 7.11 Å². The van der Waals surface area contributed by atoms with Gasteiger partial charge in [-0.2, -0.15) is 0 Å². The largest absolute Gasteiger partial charge is 0.493 e. The van der Waals surface area contributed by atoms with Crippen molar-refractivity contribution in [3.63, 3.8) is 0 Å². The number of carbonyl (C=O) groups is 1. The van der Waals surface area contributed by atoms with Crippen molar-refractivity contribution in [1.29, 1.82) is 0 Å². The molecule has 1 N–H and O–H groups in total. The lowest BCUT2D eigenvalue weighted by Gasteiger charge is -2.10. The molecule has 0 aliphatic rings. The van der Waals surface area contributed by atoms with Crippen LogP contribution in [0.3, 0.4) is 0 Å². The van der Waals surface area contributed by atoms with Crippen molar-refractivity contribution in [3.8, 4) is 22.8 Å². The summed E-state index contributed by atoms with van der Waals surface area (Å²) in [7, 11) is 1.48. The summed E-state index contributed by atoms with van der Waals surface area (Å²) < 4.78 is 30.4. The van der Waals surface area contributed by atoms with Crippen LogP contribution in [0.4, 0.5) is 4.39 Å². The summed E-state index contributed by atoms with van der Waals surface area (Å²) >= 11 is 0. The van der Waals surface area contributed by atoms with E-state index < -0.39 is 11.8 Å². The van der Waals surface area contributed by atoms with Gasteiger partial charge in [-0.1, -0.05) is 30.3 Å². The Labute approximate surface area is 165 Å². The third-order valence-electron chi connectivity index (χ3n) is 4.53. The molecule has 0 bridgehead atoms. The molecule has 0 saturated heterocycles. The van der Waals surface area contributed by atoms with Crippen molar-refractivity contribution in [2.45, 2.75) is 6.61 Å². The lowest BCUT2D eigenvalue weighted by atomic mass is 10.1. The number of methoxy groups -OCH3 is 1. The quantitative estimate of drug-likeness (QED) is 0.468. The van der Waals surface area contributed by atoms with Crippen LogP contribution in [0.25, 0.3) is 22.3 Å². The SMILES string of the molecule is COc1cc2c(C(=O)O)c(-c3ccc(F)cc3)oc2cc1OCc1ccccc1. The first-order chi connectivity index (χ1) is 14.1. The van der Waals surface area contributed by atoms with Crippen molar-refractivity contribution in [3.05, 3.63) is 83.7 Å². The fourth-order valence-electron chi connectivity index (χ4n) is 3.13. The van der Waals surface area contributed by atoms with E-state index in [0.717, 1.165) is 5.56 Å². The van der Waals surface area contributed by atoms with E-state index in [4.69, 9.17) is 13.9 Å². The average molecular weight is 392 g/mol. The summed E-state index contributed by atoms with van der Waals surface area (Å²) in [6.45, 7) is 0.319. The Hall–Kier alpha value is -3.80. The Kier molecular flexibility index (Phi) is 4.91. The molecule has 0 aliphatic heterocycles. The van der Waals surface area contributed by atoms with Gasteiger partial charge >= 0.3 is 5.97 Å². The van der Waals surface area contributed by atoms with Gasteiger partial charge in [-0.15, -0.1) is 0 Å². The van der Waals surface area contributed by atoms with Crippen molar-refractivity contribution < 1.29 is 28.2 Å². The van der Waals surface area contributed by atoms with Gasteiger partial charge in [-0.25, -0.2) is 9.18 Å². The molecule has 6 heteroatoms. The van der Waals surface area contributed by atoms with E-state index in [0.29, 0.717) is 34.6 Å². The second kappa shape index (κ2) is 7.67. The predicted molar refractivity (Wildman–Crippen MR) is 106 cm³/mol. The molecule has 4 rings (SSSR count). The zero-order valence-electron chi connectivity index (χ0n) is 15.5. The van der Waals surface area contributed by atoms with E-state index in [2.05, 4.69) is 0 Å². The number of halogens is 1. The molecular formula is C23H17FO5.